The normalized spacial score (nSPS) is 10.7. The van der Waals surface area contributed by atoms with Crippen molar-refractivity contribution in [2.24, 2.45) is 0 Å². The Labute approximate surface area is 93.2 Å². The van der Waals surface area contributed by atoms with Crippen molar-refractivity contribution in [3.05, 3.63) is 43.8 Å². The number of thiophene rings is 2. The maximum Gasteiger partial charge on any atom is 0.00777 e. The fraction of sp³-hybridized carbons (Fsp3) is 0.333. The molecule has 0 saturated heterocycles. The van der Waals surface area contributed by atoms with Crippen LogP contribution in [0.4, 0.5) is 0 Å². The Balaban J connectivity index is 2.02. The number of hydrogen-bond donors (Lipinski definition) is 0. The molecular formula is C12H14S2. The summed E-state index contributed by atoms with van der Waals surface area (Å²) >= 11 is 3.69. The molecular weight excluding hydrogens is 208 g/mol. The Kier molecular flexibility index (Phi) is 3.04. The van der Waals surface area contributed by atoms with Crippen LogP contribution in [0.25, 0.3) is 0 Å². The monoisotopic (exact) mass is 222 g/mol. The molecule has 0 bridgehead atoms. The van der Waals surface area contributed by atoms with Crippen molar-refractivity contribution in [2.45, 2.75) is 26.7 Å². The second kappa shape index (κ2) is 4.28. The van der Waals surface area contributed by atoms with Crippen LogP contribution < -0.4 is 0 Å². The van der Waals surface area contributed by atoms with Crippen molar-refractivity contribution in [3.8, 4) is 0 Å². The van der Waals surface area contributed by atoms with Crippen molar-refractivity contribution in [3.63, 3.8) is 0 Å². The summed E-state index contributed by atoms with van der Waals surface area (Å²) in [5.74, 6) is 0. The zero-order chi connectivity index (χ0) is 9.97. The van der Waals surface area contributed by atoms with E-state index >= 15 is 0 Å². The molecule has 0 unspecified atom stereocenters. The molecule has 2 heterocycles. The molecule has 0 radical (unpaired) electrons. The largest absolute Gasteiger partial charge is 0.152 e. The maximum atomic E-state index is 2.28. The summed E-state index contributed by atoms with van der Waals surface area (Å²) in [6.45, 7) is 4.40. The van der Waals surface area contributed by atoms with Gasteiger partial charge in [0.15, 0.2) is 0 Å². The van der Waals surface area contributed by atoms with Crippen molar-refractivity contribution >= 4 is 22.7 Å². The molecule has 2 heteroatoms. The van der Waals surface area contributed by atoms with E-state index < -0.39 is 0 Å². The molecule has 2 aromatic heterocycles. The summed E-state index contributed by atoms with van der Waals surface area (Å²) in [7, 11) is 0. The van der Waals surface area contributed by atoms with Gasteiger partial charge >= 0.3 is 0 Å². The molecule has 2 rings (SSSR count). The van der Waals surface area contributed by atoms with Gasteiger partial charge in [-0.2, -0.15) is 11.3 Å². The van der Waals surface area contributed by atoms with Gasteiger partial charge in [-0.1, -0.05) is 0 Å². The van der Waals surface area contributed by atoms with Crippen LogP contribution in [0.2, 0.25) is 0 Å². The molecule has 0 amide bonds. The molecule has 0 aliphatic heterocycles. The molecule has 0 spiro atoms. The summed E-state index contributed by atoms with van der Waals surface area (Å²) in [5.41, 5.74) is 4.41. The lowest BCUT2D eigenvalue weighted by molar-refractivity contribution is 0.968. The van der Waals surface area contributed by atoms with Gasteiger partial charge in [0.05, 0.1) is 0 Å². The SMILES string of the molecule is Cc1cscc1CCc1sccc1C. The Morgan fingerprint density at radius 1 is 1.07 bits per heavy atom. The first-order valence-corrected chi connectivity index (χ1v) is 6.64. The topological polar surface area (TPSA) is 0 Å². The average molecular weight is 222 g/mol. The highest BCUT2D eigenvalue weighted by atomic mass is 32.1. The first kappa shape index (κ1) is 9.94. The first-order chi connectivity index (χ1) is 6.77. The van der Waals surface area contributed by atoms with Gasteiger partial charge in [0.25, 0.3) is 0 Å². The van der Waals surface area contributed by atoms with Gasteiger partial charge in [-0.15, -0.1) is 11.3 Å². The van der Waals surface area contributed by atoms with E-state index in [4.69, 9.17) is 0 Å². The van der Waals surface area contributed by atoms with Crippen LogP contribution in [-0.4, -0.2) is 0 Å². The van der Waals surface area contributed by atoms with Crippen LogP contribution in [0.15, 0.2) is 22.2 Å². The third-order valence-electron chi connectivity index (χ3n) is 2.55. The van der Waals surface area contributed by atoms with Crippen LogP contribution in [0.3, 0.4) is 0 Å². The Morgan fingerprint density at radius 3 is 2.50 bits per heavy atom. The summed E-state index contributed by atoms with van der Waals surface area (Å²) in [4.78, 5) is 1.54. The Bertz CT molecular complexity index is 369. The van der Waals surface area contributed by atoms with E-state index in [1.807, 2.05) is 22.7 Å². The number of hydrogen-bond acceptors (Lipinski definition) is 2. The van der Waals surface area contributed by atoms with Crippen molar-refractivity contribution in [1.29, 1.82) is 0 Å². The zero-order valence-corrected chi connectivity index (χ0v) is 10.2. The summed E-state index contributed by atoms with van der Waals surface area (Å²) < 4.78 is 0. The maximum absolute atomic E-state index is 2.28. The van der Waals surface area contributed by atoms with Gasteiger partial charge in [0.1, 0.15) is 0 Å². The zero-order valence-electron chi connectivity index (χ0n) is 8.54. The lowest BCUT2D eigenvalue weighted by Crippen LogP contribution is -1.90. The lowest BCUT2D eigenvalue weighted by atomic mass is 10.1. The molecule has 0 aromatic carbocycles. The van der Waals surface area contributed by atoms with Gasteiger partial charge in [-0.05, 0) is 65.6 Å². The molecule has 2 aromatic rings. The fourth-order valence-electron chi connectivity index (χ4n) is 1.55. The average Bonchev–Trinajstić information content (AvgIpc) is 2.72. The Morgan fingerprint density at radius 2 is 1.93 bits per heavy atom. The molecule has 0 fully saturated rings. The minimum Gasteiger partial charge on any atom is -0.152 e. The highest BCUT2D eigenvalue weighted by molar-refractivity contribution is 7.10. The van der Waals surface area contributed by atoms with E-state index in [9.17, 15) is 0 Å². The van der Waals surface area contributed by atoms with Gasteiger partial charge < -0.3 is 0 Å². The summed E-state index contributed by atoms with van der Waals surface area (Å²) in [6, 6.07) is 2.21. The lowest BCUT2D eigenvalue weighted by Gasteiger charge is -1.99. The highest BCUT2D eigenvalue weighted by Gasteiger charge is 2.03. The van der Waals surface area contributed by atoms with Crippen LogP contribution in [0, 0.1) is 13.8 Å². The van der Waals surface area contributed by atoms with E-state index in [-0.39, 0.29) is 0 Å². The van der Waals surface area contributed by atoms with Crippen LogP contribution in [-0.2, 0) is 12.8 Å². The predicted octanol–water partition coefficient (Wildman–Crippen LogP) is 4.21. The second-order valence-corrected chi connectivity index (χ2v) is 5.35. The van der Waals surface area contributed by atoms with E-state index in [1.165, 1.54) is 34.4 Å². The van der Waals surface area contributed by atoms with Gasteiger partial charge in [-0.3, -0.25) is 0 Å². The van der Waals surface area contributed by atoms with E-state index in [2.05, 4.69) is 36.1 Å². The highest BCUT2D eigenvalue weighted by Crippen LogP contribution is 2.20. The second-order valence-electron chi connectivity index (χ2n) is 3.61. The first-order valence-electron chi connectivity index (χ1n) is 4.82. The van der Waals surface area contributed by atoms with Gasteiger partial charge in [0, 0.05) is 4.88 Å². The van der Waals surface area contributed by atoms with Crippen molar-refractivity contribution in [2.75, 3.05) is 0 Å². The van der Waals surface area contributed by atoms with E-state index in [0.717, 1.165) is 0 Å². The van der Waals surface area contributed by atoms with Crippen molar-refractivity contribution < 1.29 is 0 Å². The smallest absolute Gasteiger partial charge is 0.00777 e. The predicted molar refractivity (Wildman–Crippen MR) is 65.5 cm³/mol. The van der Waals surface area contributed by atoms with Gasteiger partial charge in [-0.25, -0.2) is 0 Å². The third-order valence-corrected chi connectivity index (χ3v) is 4.54. The summed E-state index contributed by atoms with van der Waals surface area (Å²) in [6.07, 6.45) is 2.39. The summed E-state index contributed by atoms with van der Waals surface area (Å²) in [5, 5.41) is 6.69. The van der Waals surface area contributed by atoms with Crippen LogP contribution in [0.1, 0.15) is 21.6 Å². The molecule has 0 saturated carbocycles. The molecule has 0 N–H and O–H groups in total. The van der Waals surface area contributed by atoms with Crippen molar-refractivity contribution in [1.82, 2.24) is 0 Å². The number of rotatable bonds is 3. The number of aryl methyl sites for hydroxylation is 4. The molecule has 14 heavy (non-hydrogen) atoms. The standard InChI is InChI=1S/C12H14S2/c1-9-5-6-14-12(9)4-3-11-8-13-7-10(11)2/h5-8H,3-4H2,1-2H3. The molecule has 0 nitrogen and oxygen atoms in total. The third kappa shape index (κ3) is 2.07. The van der Waals surface area contributed by atoms with E-state index in [1.54, 1.807) is 0 Å². The van der Waals surface area contributed by atoms with E-state index in [0.29, 0.717) is 0 Å². The van der Waals surface area contributed by atoms with Crippen LogP contribution in [0.5, 0.6) is 0 Å². The molecule has 0 aliphatic rings. The molecule has 0 aliphatic carbocycles. The molecule has 74 valence electrons. The molecule has 0 atom stereocenters. The van der Waals surface area contributed by atoms with Gasteiger partial charge in [0.2, 0.25) is 0 Å². The minimum atomic E-state index is 1.19. The fourth-order valence-corrected chi connectivity index (χ4v) is 3.35. The minimum absolute atomic E-state index is 1.19. The quantitative estimate of drug-likeness (QED) is 0.729. The Hall–Kier alpha value is -0.600. The van der Waals surface area contributed by atoms with Crippen LogP contribution >= 0.6 is 22.7 Å².